The fourth-order valence-corrected chi connectivity index (χ4v) is 4.28. The Hall–Kier alpha value is -0.910. The number of esters is 1. The lowest BCUT2D eigenvalue weighted by Crippen LogP contribution is -2.55. The van der Waals surface area contributed by atoms with E-state index in [9.17, 15) is 4.79 Å². The zero-order valence-electron chi connectivity index (χ0n) is 14.8. The summed E-state index contributed by atoms with van der Waals surface area (Å²) >= 11 is 0. The van der Waals surface area contributed by atoms with Gasteiger partial charge in [-0.1, -0.05) is 11.6 Å². The molecule has 0 aromatic heterocycles. The minimum atomic E-state index is -0.276. The maximum atomic E-state index is 11.4. The van der Waals surface area contributed by atoms with Crippen LogP contribution < -0.4 is 0 Å². The van der Waals surface area contributed by atoms with Crippen LogP contribution in [0.3, 0.4) is 0 Å². The molecule has 0 N–H and O–H groups in total. The van der Waals surface area contributed by atoms with Crippen molar-refractivity contribution < 1.29 is 23.7 Å². The molecule has 2 saturated heterocycles. The third kappa shape index (κ3) is 3.06. The van der Waals surface area contributed by atoms with Crippen molar-refractivity contribution in [1.82, 2.24) is 0 Å². The summed E-state index contributed by atoms with van der Waals surface area (Å²) in [5.74, 6) is -0.167. The highest BCUT2D eigenvalue weighted by Gasteiger charge is 2.72. The molecule has 1 spiro atoms. The molecule has 1 saturated carbocycles. The lowest BCUT2D eigenvalue weighted by Gasteiger charge is -2.42. The van der Waals surface area contributed by atoms with Crippen LogP contribution >= 0.6 is 0 Å². The number of epoxide rings is 2. The summed E-state index contributed by atoms with van der Waals surface area (Å²) in [6.07, 6.45) is 4.56. The van der Waals surface area contributed by atoms with Crippen LogP contribution in [-0.2, 0) is 23.7 Å². The standard InChI is InChI=1S/C18H28O5/c1-11(2)6-7-14-17(4,23-14)16-15(20-5)13(22-12(3)19)8-9-18(16)10-21-18/h6,13-16H,7-10H2,1-5H3/t13?,14?,15?,16?,17-,18-/m0/s1. The highest BCUT2D eigenvalue weighted by molar-refractivity contribution is 5.66. The molecule has 130 valence electrons. The summed E-state index contributed by atoms with van der Waals surface area (Å²) in [6.45, 7) is 8.54. The van der Waals surface area contributed by atoms with Crippen molar-refractivity contribution in [2.75, 3.05) is 13.7 Å². The second-order valence-electron chi connectivity index (χ2n) is 7.53. The molecular formula is C18H28O5. The smallest absolute Gasteiger partial charge is 0.302 e. The molecule has 3 rings (SSSR count). The van der Waals surface area contributed by atoms with Gasteiger partial charge in [0.15, 0.2) is 0 Å². The van der Waals surface area contributed by atoms with Crippen molar-refractivity contribution in [2.24, 2.45) is 5.92 Å². The summed E-state index contributed by atoms with van der Waals surface area (Å²) in [7, 11) is 1.69. The van der Waals surface area contributed by atoms with Gasteiger partial charge in [-0.15, -0.1) is 0 Å². The predicted octanol–water partition coefficient (Wildman–Crippen LogP) is 2.63. The van der Waals surface area contributed by atoms with Gasteiger partial charge >= 0.3 is 5.97 Å². The van der Waals surface area contributed by atoms with E-state index in [4.69, 9.17) is 18.9 Å². The molecule has 3 aliphatic rings. The number of rotatable bonds is 5. The van der Waals surface area contributed by atoms with E-state index in [0.29, 0.717) is 0 Å². The van der Waals surface area contributed by atoms with Crippen LogP contribution in [-0.4, -0.2) is 49.2 Å². The maximum absolute atomic E-state index is 11.4. The molecule has 2 heterocycles. The Balaban J connectivity index is 1.79. The van der Waals surface area contributed by atoms with Crippen molar-refractivity contribution in [2.45, 2.75) is 76.5 Å². The van der Waals surface area contributed by atoms with Crippen LogP contribution in [0.15, 0.2) is 11.6 Å². The normalized spacial score (nSPS) is 44.7. The van der Waals surface area contributed by atoms with E-state index < -0.39 is 0 Å². The Kier molecular flexibility index (Phi) is 4.32. The Morgan fingerprint density at radius 3 is 2.57 bits per heavy atom. The summed E-state index contributed by atoms with van der Waals surface area (Å²) in [5.41, 5.74) is 0.859. The van der Waals surface area contributed by atoms with E-state index in [1.54, 1.807) is 7.11 Å². The van der Waals surface area contributed by atoms with Gasteiger partial charge in [0.05, 0.1) is 18.6 Å². The third-order valence-corrected chi connectivity index (χ3v) is 5.55. The van der Waals surface area contributed by atoms with Crippen LogP contribution in [0.4, 0.5) is 0 Å². The van der Waals surface area contributed by atoms with Crippen LogP contribution in [0, 0.1) is 5.92 Å². The Bertz CT molecular complexity index is 506. The second-order valence-corrected chi connectivity index (χ2v) is 7.53. The van der Waals surface area contributed by atoms with E-state index in [2.05, 4.69) is 26.8 Å². The average Bonchev–Trinajstić information content (AvgIpc) is 3.37. The Morgan fingerprint density at radius 2 is 2.04 bits per heavy atom. The molecule has 4 unspecified atom stereocenters. The summed E-state index contributed by atoms with van der Waals surface area (Å²) in [5, 5.41) is 0. The summed E-state index contributed by atoms with van der Waals surface area (Å²) in [6, 6.07) is 0. The molecule has 5 heteroatoms. The SMILES string of the molecule is COC1C(OC(C)=O)CC[C@]2(CO2)C1[C@@]1(C)OC1CC=C(C)C. The number of methoxy groups -OCH3 is 1. The van der Waals surface area contributed by atoms with Crippen molar-refractivity contribution in [3.63, 3.8) is 0 Å². The molecule has 0 radical (unpaired) electrons. The molecular weight excluding hydrogens is 296 g/mol. The van der Waals surface area contributed by atoms with Crippen molar-refractivity contribution in [1.29, 1.82) is 0 Å². The number of ether oxygens (including phenoxy) is 4. The largest absolute Gasteiger partial charge is 0.460 e. The molecule has 1 aliphatic carbocycles. The van der Waals surface area contributed by atoms with E-state index >= 15 is 0 Å². The zero-order valence-corrected chi connectivity index (χ0v) is 14.8. The first-order valence-electron chi connectivity index (χ1n) is 8.47. The van der Waals surface area contributed by atoms with Gasteiger partial charge in [0.2, 0.25) is 0 Å². The Labute approximate surface area is 138 Å². The molecule has 2 aliphatic heterocycles. The minimum absolute atomic E-state index is 0.0914. The summed E-state index contributed by atoms with van der Waals surface area (Å²) in [4.78, 5) is 11.4. The molecule has 5 nitrogen and oxygen atoms in total. The fraction of sp³-hybridized carbons (Fsp3) is 0.833. The van der Waals surface area contributed by atoms with E-state index in [0.717, 1.165) is 25.9 Å². The van der Waals surface area contributed by atoms with Crippen LogP contribution in [0.2, 0.25) is 0 Å². The van der Waals surface area contributed by atoms with E-state index in [1.807, 2.05) is 0 Å². The van der Waals surface area contributed by atoms with Crippen LogP contribution in [0.1, 0.15) is 47.0 Å². The first kappa shape index (κ1) is 16.9. The van der Waals surface area contributed by atoms with Crippen molar-refractivity contribution in [3.8, 4) is 0 Å². The average molecular weight is 324 g/mol. The first-order valence-corrected chi connectivity index (χ1v) is 8.47. The molecule has 0 amide bonds. The number of hydrogen-bond acceptors (Lipinski definition) is 5. The minimum Gasteiger partial charge on any atom is -0.460 e. The maximum Gasteiger partial charge on any atom is 0.302 e. The Morgan fingerprint density at radius 1 is 1.35 bits per heavy atom. The topological polar surface area (TPSA) is 60.6 Å². The van der Waals surface area contributed by atoms with Gasteiger partial charge in [0.1, 0.15) is 23.4 Å². The number of carbonyl (C=O) groups is 1. The summed E-state index contributed by atoms with van der Waals surface area (Å²) < 4.78 is 23.3. The molecule has 0 aromatic rings. The van der Waals surface area contributed by atoms with Gasteiger partial charge in [0, 0.05) is 14.0 Å². The molecule has 0 aromatic carbocycles. The molecule has 6 atom stereocenters. The zero-order chi connectivity index (χ0) is 16.8. The van der Waals surface area contributed by atoms with Gasteiger partial charge in [-0.3, -0.25) is 4.79 Å². The van der Waals surface area contributed by atoms with E-state index in [1.165, 1.54) is 12.5 Å². The van der Waals surface area contributed by atoms with Gasteiger partial charge in [-0.05, 0) is 40.0 Å². The quantitative estimate of drug-likeness (QED) is 0.442. The highest BCUT2D eigenvalue weighted by Crippen LogP contribution is 2.59. The van der Waals surface area contributed by atoms with Crippen molar-refractivity contribution >= 4 is 5.97 Å². The lowest BCUT2D eigenvalue weighted by atomic mass is 9.68. The molecule has 23 heavy (non-hydrogen) atoms. The second kappa shape index (κ2) is 5.87. The number of carbonyl (C=O) groups excluding carboxylic acids is 1. The van der Waals surface area contributed by atoms with Crippen LogP contribution in [0.25, 0.3) is 0 Å². The first-order chi connectivity index (χ1) is 10.8. The van der Waals surface area contributed by atoms with Gasteiger partial charge in [-0.25, -0.2) is 0 Å². The van der Waals surface area contributed by atoms with E-state index in [-0.39, 0.29) is 41.4 Å². The third-order valence-electron chi connectivity index (χ3n) is 5.55. The van der Waals surface area contributed by atoms with Crippen molar-refractivity contribution in [3.05, 3.63) is 11.6 Å². The molecule has 0 bridgehead atoms. The van der Waals surface area contributed by atoms with Gasteiger partial charge in [-0.2, -0.15) is 0 Å². The number of hydrogen-bond donors (Lipinski definition) is 0. The van der Waals surface area contributed by atoms with Gasteiger partial charge < -0.3 is 18.9 Å². The van der Waals surface area contributed by atoms with Crippen LogP contribution in [0.5, 0.6) is 0 Å². The lowest BCUT2D eigenvalue weighted by molar-refractivity contribution is -0.169. The number of allylic oxidation sites excluding steroid dienone is 1. The fourth-order valence-electron chi connectivity index (χ4n) is 4.28. The highest BCUT2D eigenvalue weighted by atomic mass is 16.6. The monoisotopic (exact) mass is 324 g/mol. The van der Waals surface area contributed by atoms with Gasteiger partial charge in [0.25, 0.3) is 0 Å². The predicted molar refractivity (Wildman–Crippen MR) is 85.1 cm³/mol. The molecule has 3 fully saturated rings.